The van der Waals surface area contributed by atoms with E-state index in [1.54, 1.807) is 6.92 Å². The van der Waals surface area contributed by atoms with Crippen molar-refractivity contribution in [2.24, 2.45) is 10.2 Å². The number of nitrogens with zero attached hydrogens (tertiary/aromatic N) is 2. The Morgan fingerprint density at radius 3 is 2.29 bits per heavy atom. The van der Waals surface area contributed by atoms with Gasteiger partial charge in [0.1, 0.15) is 0 Å². The molecule has 2 unspecified atom stereocenters. The van der Waals surface area contributed by atoms with Gasteiger partial charge in [-0.15, -0.1) is 0 Å². The maximum atomic E-state index is 10.5. The Hall–Kier alpha value is -1.04. The zero-order valence-electron chi connectivity index (χ0n) is 11.8. The van der Waals surface area contributed by atoms with E-state index in [-0.39, 0.29) is 6.04 Å². The fourth-order valence-corrected chi connectivity index (χ4v) is 2.69. The number of halogens is 2. The van der Waals surface area contributed by atoms with Gasteiger partial charge in [-0.3, -0.25) is 0 Å². The summed E-state index contributed by atoms with van der Waals surface area (Å²) in [5.41, 5.74) is 0.393. The maximum Gasteiger partial charge on any atom is 0.199 e. The van der Waals surface area contributed by atoms with Crippen LogP contribution in [0.4, 0.5) is 0 Å². The number of hydrogen-bond donors (Lipinski definition) is 1. The molecule has 0 aliphatic heterocycles. The van der Waals surface area contributed by atoms with Crippen molar-refractivity contribution in [3.8, 4) is 0 Å². The summed E-state index contributed by atoms with van der Waals surface area (Å²) in [5, 5.41) is 18.8. The van der Waals surface area contributed by atoms with Gasteiger partial charge in [0.2, 0.25) is 0 Å². The molecule has 0 aliphatic rings. The summed E-state index contributed by atoms with van der Waals surface area (Å²) in [6.07, 6.45) is 0. The molecule has 5 heteroatoms. The zero-order valence-corrected chi connectivity index (χ0v) is 15.0. The fraction of sp³-hybridized carbons (Fsp3) is 0.250. The van der Waals surface area contributed by atoms with Crippen LogP contribution < -0.4 is 0 Å². The van der Waals surface area contributed by atoms with Gasteiger partial charge in [-0.2, -0.15) is 10.2 Å². The lowest BCUT2D eigenvalue weighted by molar-refractivity contribution is 0.0572. The minimum atomic E-state index is -1.34. The van der Waals surface area contributed by atoms with E-state index in [0.29, 0.717) is 5.56 Å². The van der Waals surface area contributed by atoms with Gasteiger partial charge in [-0.25, -0.2) is 0 Å². The van der Waals surface area contributed by atoms with Crippen LogP contribution in [0, 0.1) is 0 Å². The Morgan fingerprint density at radius 1 is 1.05 bits per heavy atom. The van der Waals surface area contributed by atoms with Crippen LogP contribution in [-0.4, -0.2) is 5.11 Å². The molecule has 2 atom stereocenters. The van der Waals surface area contributed by atoms with E-state index in [4.69, 9.17) is 0 Å². The smallest absolute Gasteiger partial charge is 0.199 e. The molecule has 0 aliphatic carbocycles. The molecule has 0 fully saturated rings. The largest absolute Gasteiger partial charge is 0.364 e. The molecule has 0 heterocycles. The van der Waals surface area contributed by atoms with Crippen molar-refractivity contribution in [1.82, 2.24) is 0 Å². The molecular formula is C16H16Br2N2O. The van der Waals surface area contributed by atoms with Crippen LogP contribution in [0.1, 0.15) is 31.0 Å². The van der Waals surface area contributed by atoms with Crippen molar-refractivity contribution in [3.63, 3.8) is 0 Å². The van der Waals surface area contributed by atoms with E-state index in [2.05, 4.69) is 42.1 Å². The Morgan fingerprint density at radius 2 is 1.67 bits per heavy atom. The fourth-order valence-electron chi connectivity index (χ4n) is 1.87. The highest BCUT2D eigenvalue weighted by molar-refractivity contribution is 9.10. The highest BCUT2D eigenvalue weighted by Gasteiger charge is 2.22. The van der Waals surface area contributed by atoms with Crippen molar-refractivity contribution in [3.05, 3.63) is 68.6 Å². The Kier molecular flexibility index (Phi) is 5.30. The first kappa shape index (κ1) is 16.3. The normalized spacial score (nSPS) is 15.9. The quantitative estimate of drug-likeness (QED) is 0.654. The summed E-state index contributed by atoms with van der Waals surface area (Å²) >= 11 is 6.83. The van der Waals surface area contributed by atoms with E-state index in [1.165, 1.54) is 0 Å². The number of aliphatic hydroxyl groups is 1. The van der Waals surface area contributed by atoms with Gasteiger partial charge in [-0.1, -0.05) is 56.1 Å². The second kappa shape index (κ2) is 6.81. The average Bonchev–Trinajstić information content (AvgIpc) is 2.45. The van der Waals surface area contributed by atoms with Crippen LogP contribution in [0.3, 0.4) is 0 Å². The van der Waals surface area contributed by atoms with Crippen molar-refractivity contribution in [2.45, 2.75) is 25.6 Å². The first-order valence-corrected chi connectivity index (χ1v) is 8.13. The molecule has 0 saturated carbocycles. The average molecular weight is 412 g/mol. The first-order chi connectivity index (χ1) is 9.88. The Labute approximate surface area is 141 Å². The zero-order chi connectivity index (χ0) is 15.5. The molecule has 1 N–H and O–H groups in total. The minimum absolute atomic E-state index is 0.124. The molecule has 21 heavy (non-hydrogen) atoms. The first-order valence-electron chi connectivity index (χ1n) is 6.54. The lowest BCUT2D eigenvalue weighted by atomic mass is 10.1. The van der Waals surface area contributed by atoms with Gasteiger partial charge in [-0.05, 0) is 43.7 Å². The van der Waals surface area contributed by atoms with Gasteiger partial charge < -0.3 is 5.11 Å². The Balaban J connectivity index is 2.19. The molecule has 2 rings (SSSR count). The van der Waals surface area contributed by atoms with Crippen LogP contribution in [0.2, 0.25) is 0 Å². The van der Waals surface area contributed by atoms with Gasteiger partial charge in [0.25, 0.3) is 0 Å². The molecule has 3 nitrogen and oxygen atoms in total. The van der Waals surface area contributed by atoms with Gasteiger partial charge >= 0.3 is 0 Å². The van der Waals surface area contributed by atoms with Crippen LogP contribution in [0.25, 0.3) is 0 Å². The third-order valence-electron chi connectivity index (χ3n) is 3.13. The third-order valence-corrected chi connectivity index (χ3v) is 4.11. The summed E-state index contributed by atoms with van der Waals surface area (Å²) in [5.74, 6) is 0. The van der Waals surface area contributed by atoms with Gasteiger partial charge in [0.05, 0.1) is 6.04 Å². The highest BCUT2D eigenvalue weighted by Crippen LogP contribution is 2.28. The second-order valence-electron chi connectivity index (χ2n) is 4.98. The van der Waals surface area contributed by atoms with Crippen LogP contribution in [-0.2, 0) is 5.72 Å². The summed E-state index contributed by atoms with van der Waals surface area (Å²) in [4.78, 5) is 0. The van der Waals surface area contributed by atoms with Crippen LogP contribution >= 0.6 is 31.9 Å². The maximum absolute atomic E-state index is 10.5. The summed E-state index contributed by atoms with van der Waals surface area (Å²) in [6.45, 7) is 3.58. The van der Waals surface area contributed by atoms with Crippen molar-refractivity contribution in [1.29, 1.82) is 0 Å². The van der Waals surface area contributed by atoms with E-state index in [1.807, 2.05) is 55.5 Å². The summed E-state index contributed by atoms with van der Waals surface area (Å²) in [7, 11) is 0. The molecule has 0 radical (unpaired) electrons. The predicted octanol–water partition coefficient (Wildman–Crippen LogP) is 5.59. The molecule has 0 aromatic heterocycles. The highest BCUT2D eigenvalue weighted by atomic mass is 79.9. The van der Waals surface area contributed by atoms with Crippen LogP contribution in [0.5, 0.6) is 0 Å². The van der Waals surface area contributed by atoms with Gasteiger partial charge in [0.15, 0.2) is 5.72 Å². The monoisotopic (exact) mass is 410 g/mol. The van der Waals surface area contributed by atoms with Crippen molar-refractivity contribution < 1.29 is 5.11 Å². The van der Waals surface area contributed by atoms with E-state index < -0.39 is 5.72 Å². The lowest BCUT2D eigenvalue weighted by Gasteiger charge is -2.18. The molecule has 0 saturated heterocycles. The molecular weight excluding hydrogens is 396 g/mol. The molecule has 2 aromatic carbocycles. The van der Waals surface area contributed by atoms with Crippen molar-refractivity contribution >= 4 is 31.9 Å². The predicted molar refractivity (Wildman–Crippen MR) is 91.1 cm³/mol. The molecule has 2 aromatic rings. The third kappa shape index (κ3) is 4.46. The topological polar surface area (TPSA) is 45.0 Å². The lowest BCUT2D eigenvalue weighted by Crippen LogP contribution is -2.17. The second-order valence-corrected chi connectivity index (χ2v) is 6.81. The minimum Gasteiger partial charge on any atom is -0.364 e. The Bertz CT molecular complexity index is 656. The number of rotatable bonds is 4. The summed E-state index contributed by atoms with van der Waals surface area (Å²) < 4.78 is 1.90. The summed E-state index contributed by atoms with van der Waals surface area (Å²) in [6, 6.07) is 15.2. The van der Waals surface area contributed by atoms with E-state index >= 15 is 0 Å². The van der Waals surface area contributed by atoms with Crippen LogP contribution in [0.15, 0.2) is 67.7 Å². The van der Waals surface area contributed by atoms with Crippen molar-refractivity contribution in [2.75, 3.05) is 0 Å². The number of benzene rings is 2. The van der Waals surface area contributed by atoms with E-state index in [9.17, 15) is 5.11 Å². The standard InChI is InChI=1S/C16H16Br2N2O/c1-11(12-5-3-7-14(17)9-12)19-20-16(2,21)13-6-4-8-15(18)10-13/h3-11,21H,1-2H3/b20-19+. The molecule has 0 bridgehead atoms. The molecule has 0 amide bonds. The number of hydrogen-bond acceptors (Lipinski definition) is 3. The SMILES string of the molecule is CC(/N=N/C(C)(O)c1cccc(Br)c1)c1cccc(Br)c1. The van der Waals surface area contributed by atoms with Gasteiger partial charge in [0, 0.05) is 14.5 Å². The van der Waals surface area contributed by atoms with E-state index in [0.717, 1.165) is 14.5 Å². The molecule has 0 spiro atoms. The number of azo groups is 1. The molecule has 110 valence electrons.